The minimum Gasteiger partial charge on any atom is -0.383 e. The molecule has 28 heavy (non-hydrogen) atoms. The molecule has 148 valence electrons. The number of ether oxygens (including phenoxy) is 1. The predicted molar refractivity (Wildman–Crippen MR) is 110 cm³/mol. The molecule has 1 fully saturated rings. The molecular formula is C21H27N5O2. The summed E-state index contributed by atoms with van der Waals surface area (Å²) in [6.45, 7) is 5.25. The fourth-order valence-corrected chi connectivity index (χ4v) is 3.01. The standard InChI is InChI=1S/C21H27N5O2/c1-28-15-9-22-21-23-16-19(17-24-21)20(27)26-13-11-25(12-14-26)10-5-8-18-6-3-2-4-7-18/h2-8,16-17H,9-15H2,1H3,(H,22,23,24)/b8-5+. The van der Waals surface area contributed by atoms with Crippen LogP contribution < -0.4 is 5.32 Å². The van der Waals surface area contributed by atoms with E-state index in [1.54, 1.807) is 19.5 Å². The zero-order valence-corrected chi connectivity index (χ0v) is 16.3. The summed E-state index contributed by atoms with van der Waals surface area (Å²) in [6.07, 6.45) is 7.48. The largest absolute Gasteiger partial charge is 0.383 e. The Balaban J connectivity index is 1.44. The molecule has 7 nitrogen and oxygen atoms in total. The first-order valence-electron chi connectivity index (χ1n) is 9.54. The Kier molecular flexibility index (Phi) is 7.52. The first-order chi connectivity index (χ1) is 13.8. The van der Waals surface area contributed by atoms with E-state index < -0.39 is 0 Å². The maximum Gasteiger partial charge on any atom is 0.257 e. The maximum atomic E-state index is 12.7. The van der Waals surface area contributed by atoms with Gasteiger partial charge in [-0.2, -0.15) is 0 Å². The number of anilines is 1. The van der Waals surface area contributed by atoms with Crippen molar-refractivity contribution in [3.63, 3.8) is 0 Å². The van der Waals surface area contributed by atoms with Crippen LogP contribution in [0.15, 0.2) is 48.8 Å². The second kappa shape index (κ2) is 10.5. The van der Waals surface area contributed by atoms with Crippen LogP contribution in [0.2, 0.25) is 0 Å². The summed E-state index contributed by atoms with van der Waals surface area (Å²) in [6, 6.07) is 10.3. The minimum absolute atomic E-state index is 0.0112. The molecule has 1 aliphatic heterocycles. The van der Waals surface area contributed by atoms with Gasteiger partial charge in [0.15, 0.2) is 0 Å². The van der Waals surface area contributed by atoms with Crippen molar-refractivity contribution in [1.82, 2.24) is 19.8 Å². The second-order valence-corrected chi connectivity index (χ2v) is 6.62. The van der Waals surface area contributed by atoms with Crippen molar-refractivity contribution in [2.75, 3.05) is 58.3 Å². The Morgan fingerprint density at radius 3 is 2.54 bits per heavy atom. The highest BCUT2D eigenvalue weighted by Gasteiger charge is 2.22. The fraction of sp³-hybridized carbons (Fsp3) is 0.381. The molecule has 3 rings (SSSR count). The summed E-state index contributed by atoms with van der Waals surface area (Å²) < 4.78 is 4.97. The van der Waals surface area contributed by atoms with Gasteiger partial charge in [0.25, 0.3) is 5.91 Å². The summed E-state index contributed by atoms with van der Waals surface area (Å²) in [7, 11) is 1.64. The van der Waals surface area contributed by atoms with Gasteiger partial charge in [-0.15, -0.1) is 0 Å². The molecule has 1 aliphatic rings. The molecule has 0 atom stereocenters. The molecular weight excluding hydrogens is 354 g/mol. The quantitative estimate of drug-likeness (QED) is 0.706. The number of hydrogen-bond donors (Lipinski definition) is 1. The molecule has 1 N–H and O–H groups in total. The van der Waals surface area contributed by atoms with Crippen molar-refractivity contribution < 1.29 is 9.53 Å². The van der Waals surface area contributed by atoms with Gasteiger partial charge in [-0.1, -0.05) is 42.5 Å². The van der Waals surface area contributed by atoms with Crippen LogP contribution >= 0.6 is 0 Å². The summed E-state index contributed by atoms with van der Waals surface area (Å²) in [4.78, 5) is 25.3. The third-order valence-corrected chi connectivity index (χ3v) is 4.62. The molecule has 0 bridgehead atoms. The average molecular weight is 381 g/mol. The fourth-order valence-electron chi connectivity index (χ4n) is 3.01. The Labute approximate surface area is 166 Å². The van der Waals surface area contributed by atoms with Crippen LogP contribution in [0.1, 0.15) is 15.9 Å². The van der Waals surface area contributed by atoms with Crippen molar-refractivity contribution in [3.05, 3.63) is 59.9 Å². The first-order valence-corrected chi connectivity index (χ1v) is 9.54. The smallest absolute Gasteiger partial charge is 0.257 e. The zero-order chi connectivity index (χ0) is 19.6. The lowest BCUT2D eigenvalue weighted by Crippen LogP contribution is -2.48. The van der Waals surface area contributed by atoms with Crippen molar-refractivity contribution in [3.8, 4) is 0 Å². The summed E-state index contributed by atoms with van der Waals surface area (Å²) in [5.74, 6) is 0.492. The number of carbonyl (C=O) groups is 1. The zero-order valence-electron chi connectivity index (χ0n) is 16.3. The van der Waals surface area contributed by atoms with Crippen molar-refractivity contribution in [1.29, 1.82) is 0 Å². The lowest BCUT2D eigenvalue weighted by molar-refractivity contribution is 0.0649. The number of rotatable bonds is 8. The van der Waals surface area contributed by atoms with Gasteiger partial charge in [-0.3, -0.25) is 9.69 Å². The third-order valence-electron chi connectivity index (χ3n) is 4.62. The number of piperazine rings is 1. The molecule has 2 aromatic rings. The SMILES string of the molecule is COCCNc1ncc(C(=O)N2CCN(C/C=C/c3ccccc3)CC2)cn1. The van der Waals surface area contributed by atoms with Crippen LogP contribution in [0.25, 0.3) is 6.08 Å². The number of methoxy groups -OCH3 is 1. The maximum absolute atomic E-state index is 12.7. The van der Waals surface area contributed by atoms with Gasteiger partial charge in [-0.25, -0.2) is 9.97 Å². The van der Waals surface area contributed by atoms with Crippen molar-refractivity contribution >= 4 is 17.9 Å². The van der Waals surface area contributed by atoms with Crippen LogP contribution in [0.5, 0.6) is 0 Å². The van der Waals surface area contributed by atoms with E-state index in [2.05, 4.69) is 44.5 Å². The lowest BCUT2D eigenvalue weighted by Gasteiger charge is -2.34. The average Bonchev–Trinajstić information content (AvgIpc) is 2.75. The summed E-state index contributed by atoms with van der Waals surface area (Å²) >= 11 is 0. The second-order valence-electron chi connectivity index (χ2n) is 6.62. The Morgan fingerprint density at radius 1 is 1.14 bits per heavy atom. The number of amides is 1. The molecule has 0 unspecified atom stereocenters. The van der Waals surface area contributed by atoms with Gasteiger partial charge >= 0.3 is 0 Å². The van der Waals surface area contributed by atoms with Crippen LogP contribution in [-0.2, 0) is 4.74 Å². The molecule has 0 spiro atoms. The monoisotopic (exact) mass is 381 g/mol. The summed E-state index contributed by atoms with van der Waals surface area (Å²) in [5.41, 5.74) is 1.73. The molecule has 1 aromatic carbocycles. The molecule has 1 aromatic heterocycles. The Bertz CT molecular complexity index is 756. The van der Waals surface area contributed by atoms with E-state index in [1.165, 1.54) is 5.56 Å². The van der Waals surface area contributed by atoms with Crippen LogP contribution in [0, 0.1) is 0 Å². The Hall–Kier alpha value is -2.77. The number of aromatic nitrogens is 2. The molecule has 0 aliphatic carbocycles. The van der Waals surface area contributed by atoms with Gasteiger partial charge in [0, 0.05) is 58.8 Å². The lowest BCUT2D eigenvalue weighted by atomic mass is 10.2. The number of carbonyl (C=O) groups excluding carboxylic acids is 1. The molecule has 0 saturated carbocycles. The van der Waals surface area contributed by atoms with E-state index in [4.69, 9.17) is 4.74 Å². The number of nitrogens with zero attached hydrogens (tertiary/aromatic N) is 4. The van der Waals surface area contributed by atoms with E-state index in [-0.39, 0.29) is 5.91 Å². The van der Waals surface area contributed by atoms with Crippen LogP contribution in [0.4, 0.5) is 5.95 Å². The van der Waals surface area contributed by atoms with E-state index in [1.807, 2.05) is 23.1 Å². The Morgan fingerprint density at radius 2 is 1.86 bits per heavy atom. The topological polar surface area (TPSA) is 70.6 Å². The molecule has 0 radical (unpaired) electrons. The van der Waals surface area contributed by atoms with E-state index >= 15 is 0 Å². The highest BCUT2D eigenvalue weighted by atomic mass is 16.5. The first kappa shape index (κ1) is 20.0. The highest BCUT2D eigenvalue weighted by molar-refractivity contribution is 5.93. The van der Waals surface area contributed by atoms with E-state index in [0.717, 1.165) is 19.6 Å². The van der Waals surface area contributed by atoms with Crippen LogP contribution in [-0.4, -0.2) is 78.7 Å². The van der Waals surface area contributed by atoms with Gasteiger partial charge in [0.2, 0.25) is 5.95 Å². The minimum atomic E-state index is -0.0112. The van der Waals surface area contributed by atoms with Gasteiger partial charge in [0.1, 0.15) is 0 Å². The number of nitrogens with one attached hydrogen (secondary N) is 1. The normalized spacial score (nSPS) is 15.1. The molecule has 7 heteroatoms. The highest BCUT2D eigenvalue weighted by Crippen LogP contribution is 2.09. The molecule has 1 saturated heterocycles. The van der Waals surface area contributed by atoms with Gasteiger partial charge in [0.05, 0.1) is 12.2 Å². The predicted octanol–water partition coefficient (Wildman–Crippen LogP) is 2.01. The number of benzene rings is 1. The van der Waals surface area contributed by atoms with Crippen molar-refractivity contribution in [2.24, 2.45) is 0 Å². The van der Waals surface area contributed by atoms with E-state index in [0.29, 0.717) is 37.8 Å². The molecule has 1 amide bonds. The number of hydrogen-bond acceptors (Lipinski definition) is 6. The van der Waals surface area contributed by atoms with Crippen LogP contribution in [0.3, 0.4) is 0 Å². The molecule has 2 heterocycles. The third kappa shape index (κ3) is 5.87. The van der Waals surface area contributed by atoms with Gasteiger partial charge in [-0.05, 0) is 5.56 Å². The van der Waals surface area contributed by atoms with Gasteiger partial charge < -0.3 is 15.0 Å². The van der Waals surface area contributed by atoms with Crippen molar-refractivity contribution in [2.45, 2.75) is 0 Å². The van der Waals surface area contributed by atoms with E-state index in [9.17, 15) is 4.79 Å². The summed E-state index contributed by atoms with van der Waals surface area (Å²) in [5, 5.41) is 3.04.